The fourth-order valence-electron chi connectivity index (χ4n) is 2.03. The summed E-state index contributed by atoms with van der Waals surface area (Å²) in [5.74, 6) is 0. The van der Waals surface area contributed by atoms with Crippen LogP contribution in [0, 0.1) is 6.92 Å². The van der Waals surface area contributed by atoms with Gasteiger partial charge in [-0.15, -0.1) is 0 Å². The fourth-order valence-corrected chi connectivity index (χ4v) is 2.03. The SMILES string of the molecule is C/C(=C\c1ccccc1)C(O)c1ccccc1C. The molecule has 0 amide bonds. The summed E-state index contributed by atoms with van der Waals surface area (Å²) in [7, 11) is 0. The molecule has 0 spiro atoms. The van der Waals surface area contributed by atoms with Gasteiger partial charge in [0.05, 0.1) is 0 Å². The zero-order valence-corrected chi connectivity index (χ0v) is 10.8. The standard InChI is InChI=1S/C17H18O/c1-13-8-6-7-11-16(13)17(18)14(2)12-15-9-4-3-5-10-15/h3-12,17-18H,1-2H3/b14-12+. The Bertz CT molecular complexity index is 541. The Morgan fingerprint density at radius 3 is 2.28 bits per heavy atom. The van der Waals surface area contributed by atoms with E-state index in [0.29, 0.717) is 0 Å². The van der Waals surface area contributed by atoms with E-state index < -0.39 is 6.10 Å². The fraction of sp³-hybridized carbons (Fsp3) is 0.176. The number of aryl methyl sites for hydroxylation is 1. The lowest BCUT2D eigenvalue weighted by Gasteiger charge is -2.14. The number of aliphatic hydroxyl groups excluding tert-OH is 1. The molecule has 1 heteroatoms. The van der Waals surface area contributed by atoms with E-state index in [1.54, 1.807) is 0 Å². The van der Waals surface area contributed by atoms with Crippen LogP contribution in [0.25, 0.3) is 6.08 Å². The highest BCUT2D eigenvalue weighted by atomic mass is 16.3. The molecule has 2 rings (SSSR count). The highest BCUT2D eigenvalue weighted by Gasteiger charge is 2.11. The number of benzene rings is 2. The van der Waals surface area contributed by atoms with Crippen LogP contribution in [-0.2, 0) is 0 Å². The van der Waals surface area contributed by atoms with Crippen LogP contribution in [-0.4, -0.2) is 5.11 Å². The molecule has 1 nitrogen and oxygen atoms in total. The third-order valence-electron chi connectivity index (χ3n) is 3.11. The molecule has 1 atom stereocenters. The average molecular weight is 238 g/mol. The van der Waals surface area contributed by atoms with E-state index in [-0.39, 0.29) is 0 Å². The van der Waals surface area contributed by atoms with Gasteiger partial charge in [-0.1, -0.05) is 60.7 Å². The summed E-state index contributed by atoms with van der Waals surface area (Å²) in [6.07, 6.45) is 1.49. The summed E-state index contributed by atoms with van der Waals surface area (Å²) in [5.41, 5.74) is 4.16. The molecule has 1 unspecified atom stereocenters. The number of hydrogen-bond donors (Lipinski definition) is 1. The van der Waals surface area contributed by atoms with E-state index in [0.717, 1.165) is 22.3 Å². The van der Waals surface area contributed by atoms with Gasteiger partial charge in [0, 0.05) is 0 Å². The maximum Gasteiger partial charge on any atom is 0.100 e. The first-order valence-corrected chi connectivity index (χ1v) is 6.15. The van der Waals surface area contributed by atoms with Crippen LogP contribution >= 0.6 is 0 Å². The topological polar surface area (TPSA) is 20.2 Å². The molecule has 18 heavy (non-hydrogen) atoms. The van der Waals surface area contributed by atoms with Gasteiger partial charge in [0.25, 0.3) is 0 Å². The van der Waals surface area contributed by atoms with Crippen LogP contribution in [0.3, 0.4) is 0 Å². The number of hydrogen-bond acceptors (Lipinski definition) is 1. The van der Waals surface area contributed by atoms with Crippen molar-refractivity contribution in [1.29, 1.82) is 0 Å². The minimum Gasteiger partial charge on any atom is -0.384 e. The van der Waals surface area contributed by atoms with Gasteiger partial charge >= 0.3 is 0 Å². The molecule has 0 bridgehead atoms. The van der Waals surface area contributed by atoms with Gasteiger partial charge < -0.3 is 5.11 Å². The van der Waals surface area contributed by atoms with Crippen molar-refractivity contribution in [2.75, 3.05) is 0 Å². The smallest absolute Gasteiger partial charge is 0.100 e. The zero-order valence-electron chi connectivity index (χ0n) is 10.8. The molecule has 0 aliphatic heterocycles. The van der Waals surface area contributed by atoms with Crippen molar-refractivity contribution in [2.45, 2.75) is 20.0 Å². The van der Waals surface area contributed by atoms with Gasteiger partial charge in [-0.2, -0.15) is 0 Å². The average Bonchev–Trinajstić information content (AvgIpc) is 2.39. The highest BCUT2D eigenvalue weighted by molar-refractivity contribution is 5.54. The van der Waals surface area contributed by atoms with Gasteiger partial charge in [-0.05, 0) is 36.1 Å². The van der Waals surface area contributed by atoms with Crippen LogP contribution in [0.1, 0.15) is 29.7 Å². The second-order valence-corrected chi connectivity index (χ2v) is 4.56. The van der Waals surface area contributed by atoms with E-state index in [1.165, 1.54) is 0 Å². The molecule has 0 aliphatic carbocycles. The third kappa shape index (κ3) is 2.88. The molecule has 0 fully saturated rings. The second kappa shape index (κ2) is 5.65. The minimum absolute atomic E-state index is 0.536. The second-order valence-electron chi connectivity index (χ2n) is 4.56. The van der Waals surface area contributed by atoms with Crippen molar-refractivity contribution in [1.82, 2.24) is 0 Å². The molecule has 0 aliphatic rings. The van der Waals surface area contributed by atoms with E-state index >= 15 is 0 Å². The lowest BCUT2D eigenvalue weighted by molar-refractivity contribution is 0.216. The van der Waals surface area contributed by atoms with Crippen molar-refractivity contribution in [3.63, 3.8) is 0 Å². The van der Waals surface area contributed by atoms with Crippen LogP contribution in [0.5, 0.6) is 0 Å². The molecular weight excluding hydrogens is 220 g/mol. The summed E-state index contributed by atoms with van der Waals surface area (Å²) >= 11 is 0. The van der Waals surface area contributed by atoms with Gasteiger partial charge in [0.15, 0.2) is 0 Å². The summed E-state index contributed by atoms with van der Waals surface area (Å²) in [6, 6.07) is 18.0. The normalized spacial score (nSPS) is 13.4. The van der Waals surface area contributed by atoms with E-state index in [9.17, 15) is 5.11 Å². The Balaban J connectivity index is 2.27. The van der Waals surface area contributed by atoms with E-state index in [1.807, 2.05) is 74.5 Å². The van der Waals surface area contributed by atoms with E-state index in [2.05, 4.69) is 0 Å². The lowest BCUT2D eigenvalue weighted by atomic mass is 9.97. The molecule has 2 aromatic carbocycles. The van der Waals surface area contributed by atoms with Crippen LogP contribution in [0.15, 0.2) is 60.2 Å². The predicted molar refractivity (Wildman–Crippen MR) is 76.2 cm³/mol. The molecule has 0 saturated heterocycles. The monoisotopic (exact) mass is 238 g/mol. The molecule has 0 saturated carbocycles. The Hall–Kier alpha value is -1.86. The Morgan fingerprint density at radius 2 is 1.61 bits per heavy atom. The largest absolute Gasteiger partial charge is 0.384 e. The lowest BCUT2D eigenvalue weighted by Crippen LogP contribution is -2.01. The van der Waals surface area contributed by atoms with Gasteiger partial charge in [0.2, 0.25) is 0 Å². The van der Waals surface area contributed by atoms with E-state index in [4.69, 9.17) is 0 Å². The molecule has 0 heterocycles. The molecular formula is C17H18O. The first-order valence-electron chi connectivity index (χ1n) is 6.15. The third-order valence-corrected chi connectivity index (χ3v) is 3.11. The van der Waals surface area contributed by atoms with Crippen LogP contribution in [0.2, 0.25) is 0 Å². The Labute approximate surface area is 108 Å². The van der Waals surface area contributed by atoms with Crippen molar-refractivity contribution < 1.29 is 5.11 Å². The van der Waals surface area contributed by atoms with Crippen LogP contribution < -0.4 is 0 Å². The first kappa shape index (κ1) is 12.6. The van der Waals surface area contributed by atoms with Crippen molar-refractivity contribution in [3.8, 4) is 0 Å². The molecule has 0 radical (unpaired) electrons. The highest BCUT2D eigenvalue weighted by Crippen LogP contribution is 2.25. The first-order chi connectivity index (χ1) is 8.68. The molecule has 1 N–H and O–H groups in total. The maximum atomic E-state index is 10.4. The molecule has 0 aromatic heterocycles. The summed E-state index contributed by atoms with van der Waals surface area (Å²) in [5, 5.41) is 10.4. The number of aliphatic hydroxyl groups is 1. The Morgan fingerprint density at radius 1 is 1.00 bits per heavy atom. The van der Waals surface area contributed by atoms with Gasteiger partial charge in [-0.25, -0.2) is 0 Å². The van der Waals surface area contributed by atoms with Crippen molar-refractivity contribution in [3.05, 3.63) is 76.9 Å². The van der Waals surface area contributed by atoms with Crippen molar-refractivity contribution >= 4 is 6.08 Å². The summed E-state index contributed by atoms with van der Waals surface area (Å²) in [6.45, 7) is 3.98. The predicted octanol–water partition coefficient (Wildman–Crippen LogP) is 4.13. The Kier molecular flexibility index (Phi) is 3.96. The van der Waals surface area contributed by atoms with Crippen molar-refractivity contribution in [2.24, 2.45) is 0 Å². The maximum absolute atomic E-state index is 10.4. The van der Waals surface area contributed by atoms with Gasteiger partial charge in [0.1, 0.15) is 6.10 Å². The van der Waals surface area contributed by atoms with Gasteiger partial charge in [-0.3, -0.25) is 0 Å². The zero-order chi connectivity index (χ0) is 13.0. The summed E-state index contributed by atoms with van der Waals surface area (Å²) in [4.78, 5) is 0. The quantitative estimate of drug-likeness (QED) is 0.852. The van der Waals surface area contributed by atoms with Crippen LogP contribution in [0.4, 0.5) is 0 Å². The number of rotatable bonds is 3. The minimum atomic E-state index is -0.536. The summed E-state index contributed by atoms with van der Waals surface area (Å²) < 4.78 is 0. The molecule has 2 aromatic rings. The molecule has 92 valence electrons.